The molecule has 0 saturated carbocycles. The molecule has 0 saturated heterocycles. The van der Waals surface area contributed by atoms with Gasteiger partial charge >= 0.3 is 12.1 Å². The zero-order valence-electron chi connectivity index (χ0n) is 8.95. The zero-order chi connectivity index (χ0) is 13.1. The maximum absolute atomic E-state index is 12.3. The van der Waals surface area contributed by atoms with Crippen LogP contribution < -0.4 is 0 Å². The molecule has 1 N–H and O–H groups in total. The molecule has 92 valence electrons. The molecule has 1 heterocycles. The van der Waals surface area contributed by atoms with E-state index in [1.54, 1.807) is 6.92 Å². The fraction of sp³-hybridized carbons (Fsp3) is 0.273. The van der Waals surface area contributed by atoms with Gasteiger partial charge in [0.2, 0.25) is 0 Å². The molecule has 0 unspecified atom stereocenters. The lowest BCUT2D eigenvalue weighted by Crippen LogP contribution is -2.07. The molecule has 1 aromatic rings. The Morgan fingerprint density at radius 1 is 1.53 bits per heavy atom. The first kappa shape index (κ1) is 13.2. The summed E-state index contributed by atoms with van der Waals surface area (Å²) in [7, 11) is 0. The van der Waals surface area contributed by atoms with E-state index in [0.29, 0.717) is 0 Å². The van der Waals surface area contributed by atoms with Gasteiger partial charge in [0.15, 0.2) is 0 Å². The van der Waals surface area contributed by atoms with Crippen molar-refractivity contribution in [3.8, 4) is 0 Å². The highest BCUT2D eigenvalue weighted by Crippen LogP contribution is 2.28. The molecule has 1 aromatic heterocycles. The van der Waals surface area contributed by atoms with E-state index < -0.39 is 17.8 Å². The zero-order valence-corrected chi connectivity index (χ0v) is 8.95. The number of pyridine rings is 1. The summed E-state index contributed by atoms with van der Waals surface area (Å²) in [5.74, 6) is -1.14. The minimum atomic E-state index is -4.53. The third-order valence-corrected chi connectivity index (χ3v) is 2.07. The molecule has 0 spiro atoms. The fourth-order valence-corrected chi connectivity index (χ4v) is 1.21. The first-order valence-electron chi connectivity index (χ1n) is 4.81. The Kier molecular flexibility index (Phi) is 3.88. The van der Waals surface area contributed by atoms with Crippen LogP contribution in [0.2, 0.25) is 0 Å². The number of carbonyl (C=O) groups is 1. The van der Waals surface area contributed by atoms with Gasteiger partial charge in [0, 0.05) is 11.8 Å². The second-order valence-corrected chi connectivity index (χ2v) is 3.30. The Bertz CT molecular complexity index is 452. The average Bonchev–Trinajstić information content (AvgIpc) is 2.24. The van der Waals surface area contributed by atoms with E-state index in [9.17, 15) is 18.0 Å². The Hall–Kier alpha value is -1.85. The van der Waals surface area contributed by atoms with Gasteiger partial charge in [-0.15, -0.1) is 0 Å². The summed E-state index contributed by atoms with van der Waals surface area (Å²) in [6, 6.07) is 2.15. The van der Waals surface area contributed by atoms with Crippen molar-refractivity contribution in [2.24, 2.45) is 0 Å². The number of aromatic nitrogens is 1. The number of carboxylic acids is 1. The fourth-order valence-electron chi connectivity index (χ4n) is 1.21. The van der Waals surface area contributed by atoms with Gasteiger partial charge in [-0.3, -0.25) is 4.98 Å². The van der Waals surface area contributed by atoms with E-state index in [2.05, 4.69) is 4.98 Å². The highest BCUT2D eigenvalue weighted by molar-refractivity contribution is 5.92. The topological polar surface area (TPSA) is 50.2 Å². The van der Waals surface area contributed by atoms with Crippen molar-refractivity contribution < 1.29 is 23.1 Å². The highest BCUT2D eigenvalue weighted by Gasteiger charge is 2.32. The predicted octanol–water partition coefficient (Wildman–Crippen LogP) is 2.98. The van der Waals surface area contributed by atoms with Crippen LogP contribution in [0.3, 0.4) is 0 Å². The molecule has 0 bridgehead atoms. The molecule has 17 heavy (non-hydrogen) atoms. The Labute approximate surface area is 95.6 Å². The summed E-state index contributed by atoms with van der Waals surface area (Å²) < 4.78 is 37.0. The van der Waals surface area contributed by atoms with E-state index in [4.69, 9.17) is 5.11 Å². The van der Waals surface area contributed by atoms with Crippen molar-refractivity contribution in [3.63, 3.8) is 0 Å². The number of carboxylic acid groups (broad SMARTS) is 1. The van der Waals surface area contributed by atoms with Crippen LogP contribution in [0.1, 0.15) is 24.6 Å². The van der Waals surface area contributed by atoms with Crippen LogP contribution in [-0.2, 0) is 11.0 Å². The first-order valence-corrected chi connectivity index (χ1v) is 4.81. The van der Waals surface area contributed by atoms with Gasteiger partial charge in [-0.2, -0.15) is 13.2 Å². The van der Waals surface area contributed by atoms with Crippen LogP contribution >= 0.6 is 0 Å². The van der Waals surface area contributed by atoms with Crippen LogP contribution in [0.5, 0.6) is 0 Å². The largest absolute Gasteiger partial charge is 0.478 e. The molecule has 0 amide bonds. The normalized spacial score (nSPS) is 12.6. The number of hydrogen-bond acceptors (Lipinski definition) is 2. The van der Waals surface area contributed by atoms with Crippen LogP contribution in [-0.4, -0.2) is 16.1 Å². The van der Waals surface area contributed by atoms with Crippen molar-refractivity contribution in [3.05, 3.63) is 35.2 Å². The summed E-state index contributed by atoms with van der Waals surface area (Å²) in [5.41, 5.74) is -0.817. The molecule has 0 aliphatic rings. The second-order valence-electron chi connectivity index (χ2n) is 3.30. The lowest BCUT2D eigenvalue weighted by atomic mass is 10.1. The van der Waals surface area contributed by atoms with Crippen molar-refractivity contribution in [2.45, 2.75) is 19.5 Å². The average molecular weight is 245 g/mol. The van der Waals surface area contributed by atoms with E-state index in [0.717, 1.165) is 12.3 Å². The van der Waals surface area contributed by atoms with E-state index in [1.165, 1.54) is 12.1 Å². The smallest absolute Gasteiger partial charge is 0.433 e. The number of rotatable bonds is 3. The van der Waals surface area contributed by atoms with Crippen molar-refractivity contribution >= 4 is 12.0 Å². The summed E-state index contributed by atoms with van der Waals surface area (Å²) >= 11 is 0. The number of aliphatic carboxylic acids is 1. The van der Waals surface area contributed by atoms with Gasteiger partial charge in [0.1, 0.15) is 5.69 Å². The molecule has 0 aromatic carbocycles. The third kappa shape index (κ3) is 3.58. The molecule has 0 aliphatic heterocycles. The summed E-state index contributed by atoms with van der Waals surface area (Å²) in [4.78, 5) is 13.9. The van der Waals surface area contributed by atoms with Gasteiger partial charge < -0.3 is 5.11 Å². The molecule has 0 radical (unpaired) electrons. The first-order chi connectivity index (χ1) is 7.84. The van der Waals surface area contributed by atoms with Crippen LogP contribution in [0.4, 0.5) is 13.2 Å². The number of nitrogens with zero attached hydrogens (tertiary/aromatic N) is 1. The highest BCUT2D eigenvalue weighted by atomic mass is 19.4. The molecule has 0 fully saturated rings. The lowest BCUT2D eigenvalue weighted by Gasteiger charge is -2.06. The molecular weight excluding hydrogens is 235 g/mol. The van der Waals surface area contributed by atoms with Crippen molar-refractivity contribution in [1.29, 1.82) is 0 Å². The SMILES string of the molecule is CCC(=Cc1ccnc(C(F)(F)F)c1)C(=O)O. The maximum atomic E-state index is 12.3. The van der Waals surface area contributed by atoms with E-state index in [1.807, 2.05) is 0 Å². The lowest BCUT2D eigenvalue weighted by molar-refractivity contribution is -0.141. The summed E-state index contributed by atoms with van der Waals surface area (Å²) in [5, 5.41) is 8.76. The Balaban J connectivity index is 3.12. The van der Waals surface area contributed by atoms with E-state index in [-0.39, 0.29) is 17.6 Å². The molecule has 3 nitrogen and oxygen atoms in total. The van der Waals surface area contributed by atoms with Gasteiger partial charge in [-0.1, -0.05) is 6.92 Å². The van der Waals surface area contributed by atoms with Crippen molar-refractivity contribution in [1.82, 2.24) is 4.98 Å². The van der Waals surface area contributed by atoms with Gasteiger partial charge in [0.25, 0.3) is 0 Å². The Morgan fingerprint density at radius 2 is 2.18 bits per heavy atom. The second kappa shape index (κ2) is 4.99. The third-order valence-electron chi connectivity index (χ3n) is 2.07. The van der Waals surface area contributed by atoms with Crippen molar-refractivity contribution in [2.75, 3.05) is 0 Å². The van der Waals surface area contributed by atoms with Crippen LogP contribution in [0.25, 0.3) is 6.08 Å². The quantitative estimate of drug-likeness (QED) is 0.833. The molecule has 0 aliphatic carbocycles. The minimum Gasteiger partial charge on any atom is -0.478 e. The number of alkyl halides is 3. The Morgan fingerprint density at radius 3 is 2.65 bits per heavy atom. The molecule has 1 rings (SSSR count). The predicted molar refractivity (Wildman–Crippen MR) is 55.1 cm³/mol. The van der Waals surface area contributed by atoms with Crippen LogP contribution in [0.15, 0.2) is 23.9 Å². The van der Waals surface area contributed by atoms with Gasteiger partial charge in [0.05, 0.1) is 0 Å². The minimum absolute atomic E-state index is 0.0457. The van der Waals surface area contributed by atoms with Gasteiger partial charge in [-0.25, -0.2) is 4.79 Å². The monoisotopic (exact) mass is 245 g/mol. The van der Waals surface area contributed by atoms with Crippen LogP contribution in [0, 0.1) is 0 Å². The maximum Gasteiger partial charge on any atom is 0.433 e. The number of hydrogen-bond donors (Lipinski definition) is 1. The summed E-state index contributed by atoms with van der Waals surface area (Å²) in [6.07, 6.45) is -2.08. The van der Waals surface area contributed by atoms with E-state index >= 15 is 0 Å². The number of halogens is 3. The summed E-state index contributed by atoms with van der Waals surface area (Å²) in [6.45, 7) is 1.62. The molecule has 0 atom stereocenters. The van der Waals surface area contributed by atoms with Gasteiger partial charge in [-0.05, 0) is 30.2 Å². The molecular formula is C11H10F3NO2. The molecule has 6 heteroatoms. The standard InChI is InChI=1S/C11H10F3NO2/c1-2-8(10(16)17)5-7-3-4-15-9(6-7)11(12,13)14/h3-6H,2H2,1H3,(H,16,17).